The molecule has 4 nitrogen and oxygen atoms in total. The maximum Gasteiger partial charge on any atom is 0.137 e. The summed E-state index contributed by atoms with van der Waals surface area (Å²) in [6.07, 6.45) is 5.54. The summed E-state index contributed by atoms with van der Waals surface area (Å²) in [4.78, 5) is 4.67. The Labute approximate surface area is 107 Å². The van der Waals surface area contributed by atoms with Gasteiger partial charge in [-0.1, -0.05) is 6.07 Å². The Hall–Kier alpha value is -1.39. The van der Waals surface area contributed by atoms with Crippen molar-refractivity contribution in [3.05, 3.63) is 35.8 Å². The third-order valence-electron chi connectivity index (χ3n) is 3.59. The Morgan fingerprint density at radius 1 is 1.44 bits per heavy atom. The van der Waals surface area contributed by atoms with E-state index in [0.29, 0.717) is 12.5 Å². The van der Waals surface area contributed by atoms with Crippen LogP contribution in [0.25, 0.3) is 5.65 Å². The summed E-state index contributed by atoms with van der Waals surface area (Å²) in [6.45, 7) is 2.33. The van der Waals surface area contributed by atoms with Crippen LogP contribution in [0.2, 0.25) is 0 Å². The fourth-order valence-corrected chi connectivity index (χ4v) is 2.65. The van der Waals surface area contributed by atoms with Gasteiger partial charge in [0.2, 0.25) is 0 Å². The first-order valence-electron chi connectivity index (χ1n) is 6.60. The van der Waals surface area contributed by atoms with Gasteiger partial charge in [-0.15, -0.1) is 0 Å². The third-order valence-corrected chi connectivity index (χ3v) is 3.59. The maximum atomic E-state index is 5.74. The van der Waals surface area contributed by atoms with Gasteiger partial charge in [0.05, 0.1) is 5.69 Å². The zero-order chi connectivity index (χ0) is 12.4. The molecule has 1 fully saturated rings. The van der Waals surface area contributed by atoms with Crippen LogP contribution < -0.4 is 5.73 Å². The Kier molecular flexibility index (Phi) is 3.30. The number of hydrogen-bond acceptors (Lipinski definition) is 3. The molecule has 1 saturated heterocycles. The first-order valence-corrected chi connectivity index (χ1v) is 6.60. The highest BCUT2D eigenvalue weighted by molar-refractivity contribution is 5.41. The van der Waals surface area contributed by atoms with Crippen molar-refractivity contribution in [2.45, 2.75) is 25.8 Å². The molecule has 3 heterocycles. The second-order valence-electron chi connectivity index (χ2n) is 4.97. The molecular formula is C14H19N3O. The van der Waals surface area contributed by atoms with Gasteiger partial charge in [0.25, 0.3) is 0 Å². The monoisotopic (exact) mass is 245 g/mol. The average molecular weight is 245 g/mol. The van der Waals surface area contributed by atoms with E-state index in [1.54, 1.807) is 0 Å². The lowest BCUT2D eigenvalue weighted by molar-refractivity contribution is 0.0547. The topological polar surface area (TPSA) is 52.5 Å². The fourth-order valence-electron chi connectivity index (χ4n) is 2.65. The van der Waals surface area contributed by atoms with E-state index < -0.39 is 0 Å². The molecule has 3 rings (SSSR count). The molecule has 2 aromatic heterocycles. The Morgan fingerprint density at radius 3 is 3.17 bits per heavy atom. The van der Waals surface area contributed by atoms with Gasteiger partial charge in [0, 0.05) is 31.6 Å². The van der Waals surface area contributed by atoms with Gasteiger partial charge in [-0.25, -0.2) is 4.98 Å². The predicted octanol–water partition coefficient (Wildman–Crippen LogP) is 1.76. The van der Waals surface area contributed by atoms with Crippen LogP contribution in [0.5, 0.6) is 0 Å². The van der Waals surface area contributed by atoms with Crippen LogP contribution in [-0.2, 0) is 17.7 Å². The van der Waals surface area contributed by atoms with E-state index >= 15 is 0 Å². The van der Waals surface area contributed by atoms with Crippen LogP contribution in [0.3, 0.4) is 0 Å². The van der Waals surface area contributed by atoms with Crippen LogP contribution in [0, 0.1) is 5.92 Å². The first kappa shape index (κ1) is 11.7. The number of nitrogens with zero attached hydrogens (tertiary/aromatic N) is 2. The maximum absolute atomic E-state index is 5.74. The normalized spacial score (nSPS) is 20.4. The lowest BCUT2D eigenvalue weighted by Gasteiger charge is -2.20. The minimum atomic E-state index is 0.541. The van der Waals surface area contributed by atoms with Crippen molar-refractivity contribution in [2.24, 2.45) is 11.7 Å². The van der Waals surface area contributed by atoms with Gasteiger partial charge < -0.3 is 14.9 Å². The van der Waals surface area contributed by atoms with Crippen LogP contribution >= 0.6 is 0 Å². The van der Waals surface area contributed by atoms with Gasteiger partial charge in [0.15, 0.2) is 0 Å². The zero-order valence-corrected chi connectivity index (χ0v) is 10.5. The van der Waals surface area contributed by atoms with Gasteiger partial charge in [-0.05, 0) is 37.3 Å². The van der Waals surface area contributed by atoms with Gasteiger partial charge in [-0.3, -0.25) is 0 Å². The van der Waals surface area contributed by atoms with Crippen molar-refractivity contribution in [3.8, 4) is 0 Å². The van der Waals surface area contributed by atoms with E-state index in [4.69, 9.17) is 10.5 Å². The third kappa shape index (κ3) is 2.26. The summed E-state index contributed by atoms with van der Waals surface area (Å²) in [6, 6.07) is 6.08. The molecule has 1 atom stereocenters. The van der Waals surface area contributed by atoms with Crippen molar-refractivity contribution in [2.75, 3.05) is 13.2 Å². The Morgan fingerprint density at radius 2 is 2.39 bits per heavy atom. The molecule has 1 aliphatic rings. The van der Waals surface area contributed by atoms with Crippen LogP contribution in [0.4, 0.5) is 0 Å². The lowest BCUT2D eigenvalue weighted by Crippen LogP contribution is -2.19. The number of hydrogen-bond donors (Lipinski definition) is 1. The summed E-state index contributed by atoms with van der Waals surface area (Å²) >= 11 is 0. The Balaban J connectivity index is 1.84. The zero-order valence-electron chi connectivity index (χ0n) is 10.5. The van der Waals surface area contributed by atoms with Crippen LogP contribution in [-0.4, -0.2) is 22.6 Å². The van der Waals surface area contributed by atoms with Crippen molar-refractivity contribution >= 4 is 5.65 Å². The summed E-state index contributed by atoms with van der Waals surface area (Å²) in [5, 5.41) is 0. The molecule has 0 aromatic carbocycles. The lowest BCUT2D eigenvalue weighted by atomic mass is 9.97. The largest absolute Gasteiger partial charge is 0.381 e. The van der Waals surface area contributed by atoms with E-state index in [-0.39, 0.29) is 0 Å². The summed E-state index contributed by atoms with van der Waals surface area (Å²) in [5.41, 5.74) is 8.98. The van der Waals surface area contributed by atoms with Gasteiger partial charge in [0.1, 0.15) is 5.65 Å². The van der Waals surface area contributed by atoms with Crippen LogP contribution in [0.15, 0.2) is 24.4 Å². The average Bonchev–Trinajstić information content (AvgIpc) is 2.82. The fraction of sp³-hybridized carbons (Fsp3) is 0.500. The van der Waals surface area contributed by atoms with Crippen molar-refractivity contribution in [1.82, 2.24) is 9.38 Å². The molecule has 0 radical (unpaired) electrons. The van der Waals surface area contributed by atoms with E-state index in [2.05, 4.69) is 15.6 Å². The number of nitrogens with two attached hydrogens (primary N) is 1. The molecule has 1 aliphatic heterocycles. The number of rotatable bonds is 3. The molecule has 0 spiro atoms. The smallest absolute Gasteiger partial charge is 0.137 e. The van der Waals surface area contributed by atoms with Crippen LogP contribution in [0.1, 0.15) is 24.2 Å². The molecule has 0 amide bonds. The summed E-state index contributed by atoms with van der Waals surface area (Å²) in [7, 11) is 0. The SMILES string of the molecule is NCc1cccc2nc(CC3CCCOC3)cn12. The first-order chi connectivity index (χ1) is 8.86. The Bertz CT molecular complexity index is 529. The minimum Gasteiger partial charge on any atom is -0.381 e. The molecule has 0 bridgehead atoms. The molecular weight excluding hydrogens is 226 g/mol. The highest BCUT2D eigenvalue weighted by Crippen LogP contribution is 2.19. The van der Waals surface area contributed by atoms with E-state index in [1.807, 2.05) is 18.2 Å². The number of imidazole rings is 1. The molecule has 1 unspecified atom stereocenters. The molecule has 2 N–H and O–H groups in total. The predicted molar refractivity (Wildman–Crippen MR) is 70.3 cm³/mol. The van der Waals surface area contributed by atoms with Gasteiger partial charge in [-0.2, -0.15) is 0 Å². The molecule has 0 aliphatic carbocycles. The second kappa shape index (κ2) is 5.08. The standard InChI is InChI=1S/C14H19N3O/c15-8-13-4-1-5-14-16-12(9-17(13)14)7-11-3-2-6-18-10-11/h1,4-5,9,11H,2-3,6-8,10,15H2. The summed E-state index contributed by atoms with van der Waals surface area (Å²) < 4.78 is 7.61. The molecule has 4 heteroatoms. The van der Waals surface area contributed by atoms with Crippen molar-refractivity contribution in [1.29, 1.82) is 0 Å². The van der Waals surface area contributed by atoms with Crippen molar-refractivity contribution in [3.63, 3.8) is 0 Å². The van der Waals surface area contributed by atoms with E-state index in [0.717, 1.165) is 36.7 Å². The summed E-state index contributed by atoms with van der Waals surface area (Å²) in [5.74, 6) is 0.616. The second-order valence-corrected chi connectivity index (χ2v) is 4.97. The molecule has 18 heavy (non-hydrogen) atoms. The quantitative estimate of drug-likeness (QED) is 0.896. The van der Waals surface area contributed by atoms with E-state index in [1.165, 1.54) is 12.8 Å². The van der Waals surface area contributed by atoms with Crippen molar-refractivity contribution < 1.29 is 4.74 Å². The van der Waals surface area contributed by atoms with Gasteiger partial charge >= 0.3 is 0 Å². The van der Waals surface area contributed by atoms with E-state index in [9.17, 15) is 0 Å². The number of aromatic nitrogens is 2. The highest BCUT2D eigenvalue weighted by Gasteiger charge is 2.16. The number of pyridine rings is 1. The molecule has 0 saturated carbocycles. The number of ether oxygens (including phenoxy) is 1. The molecule has 96 valence electrons. The number of fused-ring (bicyclic) bond motifs is 1. The molecule has 2 aromatic rings. The highest BCUT2D eigenvalue weighted by atomic mass is 16.5. The minimum absolute atomic E-state index is 0.541.